The molecule has 1 aliphatic heterocycles. The number of phenols is 2. The first kappa shape index (κ1) is 16.2. The van der Waals surface area contributed by atoms with Crippen molar-refractivity contribution in [3.63, 3.8) is 0 Å². The average molecular weight is 322 g/mol. The zero-order chi connectivity index (χ0) is 17.1. The number of rotatable bonds is 5. The van der Waals surface area contributed by atoms with E-state index in [9.17, 15) is 10.2 Å². The van der Waals surface area contributed by atoms with E-state index in [-0.39, 0.29) is 17.6 Å². The molecule has 0 radical (unpaired) electrons. The molecule has 0 spiro atoms. The Morgan fingerprint density at radius 3 is 2.50 bits per heavy atom. The average Bonchev–Trinajstić information content (AvgIpc) is 2.56. The minimum Gasteiger partial charge on any atom is -0.508 e. The van der Waals surface area contributed by atoms with E-state index >= 15 is 0 Å². The summed E-state index contributed by atoms with van der Waals surface area (Å²) < 4.78 is 6.21. The Kier molecular flexibility index (Phi) is 4.61. The minimum atomic E-state index is -0.0798. The highest BCUT2D eigenvalue weighted by Crippen LogP contribution is 2.42. The lowest BCUT2D eigenvalue weighted by Gasteiger charge is -2.31. The fourth-order valence-electron chi connectivity index (χ4n) is 3.21. The van der Waals surface area contributed by atoms with Gasteiger partial charge in [0.15, 0.2) is 0 Å². The van der Waals surface area contributed by atoms with Crippen LogP contribution in [0.5, 0.6) is 17.2 Å². The van der Waals surface area contributed by atoms with Gasteiger partial charge in [-0.25, -0.2) is 0 Å². The van der Waals surface area contributed by atoms with Crippen LogP contribution in [-0.2, 0) is 0 Å². The molecule has 0 fully saturated rings. The summed E-state index contributed by atoms with van der Waals surface area (Å²) in [7, 11) is 0. The highest BCUT2D eigenvalue weighted by Gasteiger charge is 2.27. The van der Waals surface area contributed by atoms with Crippen molar-refractivity contribution in [2.45, 2.75) is 32.3 Å². The molecular formula is C21H22O3. The van der Waals surface area contributed by atoms with Gasteiger partial charge in [-0.15, -0.1) is 6.58 Å². The third-order valence-electron chi connectivity index (χ3n) is 4.42. The number of unbranched alkanes of at least 4 members (excludes halogenated alkanes) is 1. The SMILES string of the molecule is C=CCCCC1Oc2cc(O)ccc2C(C)=C1c1ccc(O)cc1. The van der Waals surface area contributed by atoms with Crippen molar-refractivity contribution in [3.05, 3.63) is 66.2 Å². The van der Waals surface area contributed by atoms with Crippen LogP contribution in [0, 0.1) is 0 Å². The van der Waals surface area contributed by atoms with Gasteiger partial charge in [0.25, 0.3) is 0 Å². The summed E-state index contributed by atoms with van der Waals surface area (Å²) in [6, 6.07) is 12.5. The number of hydrogen-bond acceptors (Lipinski definition) is 3. The first-order valence-corrected chi connectivity index (χ1v) is 8.21. The molecule has 1 atom stereocenters. The van der Waals surface area contributed by atoms with Crippen LogP contribution in [0.2, 0.25) is 0 Å². The summed E-state index contributed by atoms with van der Waals surface area (Å²) in [6.07, 6.45) is 4.63. The summed E-state index contributed by atoms with van der Waals surface area (Å²) in [5.74, 6) is 1.18. The normalized spacial score (nSPS) is 16.5. The Morgan fingerprint density at radius 2 is 1.79 bits per heavy atom. The maximum atomic E-state index is 9.75. The molecule has 1 heterocycles. The second-order valence-electron chi connectivity index (χ2n) is 6.09. The molecule has 3 nitrogen and oxygen atoms in total. The van der Waals surface area contributed by atoms with Crippen molar-refractivity contribution in [2.24, 2.45) is 0 Å². The van der Waals surface area contributed by atoms with E-state index in [0.717, 1.165) is 47.3 Å². The van der Waals surface area contributed by atoms with Crippen LogP contribution >= 0.6 is 0 Å². The molecule has 2 aromatic carbocycles. The Bertz CT molecular complexity index is 772. The Labute approximate surface area is 142 Å². The molecule has 0 saturated heterocycles. The summed E-state index contributed by atoms with van der Waals surface area (Å²) in [4.78, 5) is 0. The molecule has 0 aliphatic carbocycles. The van der Waals surface area contributed by atoms with Crippen LogP contribution in [0.1, 0.15) is 37.3 Å². The Balaban J connectivity index is 2.06. The molecule has 124 valence electrons. The molecule has 1 aliphatic rings. The van der Waals surface area contributed by atoms with Crippen LogP contribution in [0.4, 0.5) is 0 Å². The molecule has 0 amide bonds. The lowest BCUT2D eigenvalue weighted by molar-refractivity contribution is 0.239. The van der Waals surface area contributed by atoms with E-state index in [4.69, 9.17) is 4.74 Å². The molecular weight excluding hydrogens is 300 g/mol. The van der Waals surface area contributed by atoms with Crippen LogP contribution in [0.15, 0.2) is 55.1 Å². The summed E-state index contributed by atoms with van der Waals surface area (Å²) >= 11 is 0. The summed E-state index contributed by atoms with van der Waals surface area (Å²) in [5, 5.41) is 19.3. The standard InChI is InChI=1S/C21H22O3/c1-3-4-5-6-19-21(15-7-9-16(22)10-8-15)14(2)18-12-11-17(23)13-20(18)24-19/h3,7-13,19,22-23H,1,4-6H2,2H3. The van der Waals surface area contributed by atoms with Crippen molar-refractivity contribution in [2.75, 3.05) is 0 Å². The highest BCUT2D eigenvalue weighted by molar-refractivity contribution is 5.95. The lowest BCUT2D eigenvalue weighted by atomic mass is 9.87. The van der Waals surface area contributed by atoms with Gasteiger partial charge >= 0.3 is 0 Å². The number of allylic oxidation sites excluding steroid dienone is 2. The van der Waals surface area contributed by atoms with Gasteiger partial charge < -0.3 is 14.9 Å². The number of aromatic hydroxyl groups is 2. The van der Waals surface area contributed by atoms with Gasteiger partial charge in [0.2, 0.25) is 0 Å². The van der Waals surface area contributed by atoms with E-state index < -0.39 is 0 Å². The summed E-state index contributed by atoms with van der Waals surface area (Å²) in [6.45, 7) is 5.86. The number of fused-ring (bicyclic) bond motifs is 1. The zero-order valence-corrected chi connectivity index (χ0v) is 13.8. The monoisotopic (exact) mass is 322 g/mol. The van der Waals surface area contributed by atoms with Crippen molar-refractivity contribution in [1.29, 1.82) is 0 Å². The van der Waals surface area contributed by atoms with Gasteiger partial charge in [-0.3, -0.25) is 0 Å². The Morgan fingerprint density at radius 1 is 1.08 bits per heavy atom. The molecule has 2 N–H and O–H groups in total. The smallest absolute Gasteiger partial charge is 0.131 e. The molecule has 1 unspecified atom stereocenters. The van der Waals surface area contributed by atoms with Crippen molar-refractivity contribution in [1.82, 2.24) is 0 Å². The van der Waals surface area contributed by atoms with E-state index in [1.54, 1.807) is 24.3 Å². The fourth-order valence-corrected chi connectivity index (χ4v) is 3.21. The number of ether oxygens (including phenoxy) is 1. The van der Waals surface area contributed by atoms with E-state index in [1.165, 1.54) is 0 Å². The number of benzene rings is 2. The van der Waals surface area contributed by atoms with Crippen molar-refractivity contribution in [3.8, 4) is 17.2 Å². The van der Waals surface area contributed by atoms with Gasteiger partial charge in [0, 0.05) is 17.2 Å². The van der Waals surface area contributed by atoms with E-state index in [2.05, 4.69) is 13.5 Å². The summed E-state index contributed by atoms with van der Waals surface area (Å²) in [5.41, 5.74) is 4.33. The van der Waals surface area contributed by atoms with Crippen LogP contribution in [0.25, 0.3) is 11.1 Å². The van der Waals surface area contributed by atoms with Crippen LogP contribution in [-0.4, -0.2) is 16.3 Å². The molecule has 24 heavy (non-hydrogen) atoms. The fraction of sp³-hybridized carbons (Fsp3) is 0.238. The largest absolute Gasteiger partial charge is 0.508 e. The highest BCUT2D eigenvalue weighted by atomic mass is 16.5. The Hall–Kier alpha value is -2.68. The van der Waals surface area contributed by atoms with Gasteiger partial charge in [0.1, 0.15) is 23.4 Å². The topological polar surface area (TPSA) is 49.7 Å². The molecule has 3 rings (SSSR count). The first-order chi connectivity index (χ1) is 11.6. The number of hydrogen-bond donors (Lipinski definition) is 2. The predicted molar refractivity (Wildman–Crippen MR) is 97.2 cm³/mol. The van der Waals surface area contributed by atoms with E-state index in [1.807, 2.05) is 24.3 Å². The number of phenolic OH excluding ortho intramolecular Hbond substituents is 2. The minimum absolute atomic E-state index is 0.0798. The lowest BCUT2D eigenvalue weighted by Crippen LogP contribution is -2.23. The van der Waals surface area contributed by atoms with Crippen LogP contribution < -0.4 is 4.74 Å². The third-order valence-corrected chi connectivity index (χ3v) is 4.42. The maximum absolute atomic E-state index is 9.75. The van der Waals surface area contributed by atoms with E-state index in [0.29, 0.717) is 0 Å². The molecule has 3 heteroatoms. The molecule has 2 aromatic rings. The van der Waals surface area contributed by atoms with Gasteiger partial charge in [0.05, 0.1) is 0 Å². The first-order valence-electron chi connectivity index (χ1n) is 8.21. The zero-order valence-electron chi connectivity index (χ0n) is 13.8. The maximum Gasteiger partial charge on any atom is 0.131 e. The van der Waals surface area contributed by atoms with Crippen molar-refractivity contribution >= 4 is 11.1 Å². The van der Waals surface area contributed by atoms with Crippen molar-refractivity contribution < 1.29 is 14.9 Å². The van der Waals surface area contributed by atoms with Gasteiger partial charge in [-0.2, -0.15) is 0 Å². The quantitative estimate of drug-likeness (QED) is 0.591. The van der Waals surface area contributed by atoms with Crippen LogP contribution in [0.3, 0.4) is 0 Å². The molecule has 0 aromatic heterocycles. The van der Waals surface area contributed by atoms with Gasteiger partial charge in [-0.1, -0.05) is 18.2 Å². The van der Waals surface area contributed by atoms with Gasteiger partial charge in [-0.05, 0) is 61.6 Å². The molecule has 0 bridgehead atoms. The second kappa shape index (κ2) is 6.83. The predicted octanol–water partition coefficient (Wildman–Crippen LogP) is 5.15. The third kappa shape index (κ3) is 3.16. The second-order valence-corrected chi connectivity index (χ2v) is 6.09. The molecule has 0 saturated carbocycles.